The van der Waals surface area contributed by atoms with Crippen LogP contribution in [0.4, 0.5) is 0 Å². The second-order valence-electron chi connectivity index (χ2n) is 8.40. The van der Waals surface area contributed by atoms with Crippen molar-refractivity contribution in [3.63, 3.8) is 0 Å². The maximum atomic E-state index is 11.8. The Morgan fingerprint density at radius 1 is 1.27 bits per heavy atom. The van der Waals surface area contributed by atoms with Gasteiger partial charge in [0, 0.05) is 12.6 Å². The van der Waals surface area contributed by atoms with Crippen LogP contribution in [-0.2, 0) is 4.79 Å². The minimum Gasteiger partial charge on any atom is -0.353 e. The Morgan fingerprint density at radius 2 is 2.00 bits per heavy atom. The summed E-state index contributed by atoms with van der Waals surface area (Å²) in [6.45, 7) is 14.2. The van der Waals surface area contributed by atoms with E-state index in [-0.39, 0.29) is 5.91 Å². The zero-order valence-corrected chi connectivity index (χ0v) is 17.9. The van der Waals surface area contributed by atoms with Gasteiger partial charge in [-0.1, -0.05) is 62.1 Å². The monoisotopic (exact) mass is 357 g/mol. The molecule has 146 valence electrons. The molecule has 0 bridgehead atoms. The van der Waals surface area contributed by atoms with Gasteiger partial charge >= 0.3 is 0 Å². The molecule has 0 saturated heterocycles. The van der Waals surface area contributed by atoms with E-state index in [1.54, 1.807) is 17.2 Å². The molecule has 0 fully saturated rings. The molecule has 2 nitrogen and oxygen atoms in total. The van der Waals surface area contributed by atoms with E-state index in [1.165, 1.54) is 31.3 Å². The molecule has 1 aliphatic carbocycles. The van der Waals surface area contributed by atoms with Crippen LogP contribution in [0.2, 0.25) is 0 Å². The van der Waals surface area contributed by atoms with Gasteiger partial charge < -0.3 is 5.32 Å². The van der Waals surface area contributed by atoms with Gasteiger partial charge in [-0.05, 0) is 70.3 Å². The SMILES string of the molecule is CCCCNC(=O)/C=C(C)/C=C/C=C(\C)CCC1=C(C)CCCC1(C)C. The third-order valence-corrected chi connectivity index (χ3v) is 5.38. The van der Waals surface area contributed by atoms with Gasteiger partial charge in [0.2, 0.25) is 5.91 Å². The van der Waals surface area contributed by atoms with Crippen LogP contribution in [-0.4, -0.2) is 12.5 Å². The van der Waals surface area contributed by atoms with Gasteiger partial charge in [0.25, 0.3) is 0 Å². The lowest BCUT2D eigenvalue weighted by molar-refractivity contribution is -0.116. The Morgan fingerprint density at radius 3 is 2.65 bits per heavy atom. The van der Waals surface area contributed by atoms with Crippen molar-refractivity contribution in [2.24, 2.45) is 5.41 Å². The first-order chi connectivity index (χ1) is 12.3. The molecule has 0 saturated carbocycles. The number of carbonyl (C=O) groups is 1. The normalized spacial score (nSPS) is 18.5. The molecule has 0 aromatic rings. The average molecular weight is 358 g/mol. The van der Waals surface area contributed by atoms with Crippen molar-refractivity contribution >= 4 is 5.91 Å². The molecule has 0 aliphatic heterocycles. The summed E-state index contributed by atoms with van der Waals surface area (Å²) in [5.41, 5.74) is 6.01. The molecule has 0 spiro atoms. The van der Waals surface area contributed by atoms with Crippen LogP contribution in [0.25, 0.3) is 0 Å². The Hall–Kier alpha value is -1.57. The smallest absolute Gasteiger partial charge is 0.244 e. The van der Waals surface area contributed by atoms with Gasteiger partial charge in [0.1, 0.15) is 0 Å². The molecule has 1 aliphatic rings. The van der Waals surface area contributed by atoms with Crippen molar-refractivity contribution in [2.45, 2.75) is 86.5 Å². The second-order valence-corrected chi connectivity index (χ2v) is 8.40. The molecule has 0 aromatic carbocycles. The first-order valence-corrected chi connectivity index (χ1v) is 10.3. The standard InChI is InChI=1S/C24H39NO/c1-7-8-17-25-23(26)18-20(3)12-9-11-19(2)14-15-22-21(4)13-10-16-24(22,5)6/h9,11-12,18H,7-8,10,13-17H2,1-6H3,(H,25,26)/b12-9+,19-11+,20-18+. The van der Waals surface area contributed by atoms with E-state index >= 15 is 0 Å². The topological polar surface area (TPSA) is 29.1 Å². The fourth-order valence-corrected chi connectivity index (χ4v) is 3.69. The summed E-state index contributed by atoms with van der Waals surface area (Å²) in [6, 6.07) is 0. The Bertz CT molecular complexity index is 587. The van der Waals surface area contributed by atoms with Gasteiger partial charge in [-0.25, -0.2) is 0 Å². The first-order valence-electron chi connectivity index (χ1n) is 10.3. The molecule has 0 heterocycles. The molecular formula is C24H39NO. The second kappa shape index (κ2) is 11.2. The van der Waals surface area contributed by atoms with Gasteiger partial charge in [0.05, 0.1) is 0 Å². The van der Waals surface area contributed by atoms with Crippen molar-refractivity contribution < 1.29 is 4.79 Å². The highest BCUT2D eigenvalue weighted by Gasteiger charge is 2.27. The van der Waals surface area contributed by atoms with E-state index in [0.717, 1.165) is 31.4 Å². The summed E-state index contributed by atoms with van der Waals surface area (Å²) in [6.07, 6.45) is 16.3. The maximum absolute atomic E-state index is 11.8. The molecule has 0 radical (unpaired) electrons. The van der Waals surface area contributed by atoms with Crippen LogP contribution in [0.3, 0.4) is 0 Å². The molecular weight excluding hydrogens is 318 g/mol. The fourth-order valence-electron chi connectivity index (χ4n) is 3.69. The number of allylic oxidation sites excluding steroid dienone is 7. The van der Waals surface area contributed by atoms with Crippen LogP contribution in [0.15, 0.2) is 46.6 Å². The highest BCUT2D eigenvalue weighted by molar-refractivity contribution is 5.88. The molecule has 0 unspecified atom stereocenters. The van der Waals surface area contributed by atoms with Crippen molar-refractivity contribution in [2.75, 3.05) is 6.54 Å². The van der Waals surface area contributed by atoms with Crippen LogP contribution in [0, 0.1) is 5.41 Å². The lowest BCUT2D eigenvalue weighted by Crippen LogP contribution is -2.22. The molecule has 0 aromatic heterocycles. The van der Waals surface area contributed by atoms with Crippen molar-refractivity contribution in [1.82, 2.24) is 5.32 Å². The van der Waals surface area contributed by atoms with Crippen molar-refractivity contribution in [3.8, 4) is 0 Å². The fraction of sp³-hybridized carbons (Fsp3) is 0.625. The summed E-state index contributed by atoms with van der Waals surface area (Å²) in [5, 5.41) is 2.91. The molecule has 1 rings (SSSR count). The zero-order valence-electron chi connectivity index (χ0n) is 17.9. The van der Waals surface area contributed by atoms with Crippen LogP contribution >= 0.6 is 0 Å². The Balaban J connectivity index is 2.52. The third-order valence-electron chi connectivity index (χ3n) is 5.38. The van der Waals surface area contributed by atoms with Gasteiger partial charge in [0.15, 0.2) is 0 Å². The zero-order chi connectivity index (χ0) is 19.6. The van der Waals surface area contributed by atoms with Gasteiger partial charge in [-0.15, -0.1) is 0 Å². The molecule has 2 heteroatoms. The number of rotatable bonds is 9. The third kappa shape index (κ3) is 8.21. The van der Waals surface area contributed by atoms with E-state index in [0.29, 0.717) is 5.41 Å². The van der Waals surface area contributed by atoms with E-state index in [1.807, 2.05) is 13.0 Å². The minimum absolute atomic E-state index is 0.00300. The Kier molecular flexibility index (Phi) is 9.69. The summed E-state index contributed by atoms with van der Waals surface area (Å²) < 4.78 is 0. The molecule has 0 atom stereocenters. The molecule has 26 heavy (non-hydrogen) atoms. The molecule has 1 N–H and O–H groups in total. The number of unbranched alkanes of at least 4 members (excludes halogenated alkanes) is 1. The number of hydrogen-bond donors (Lipinski definition) is 1. The quantitative estimate of drug-likeness (QED) is 0.213. The van der Waals surface area contributed by atoms with Gasteiger partial charge in [-0.2, -0.15) is 0 Å². The van der Waals surface area contributed by atoms with E-state index in [4.69, 9.17) is 0 Å². The Labute approximate surface area is 161 Å². The van der Waals surface area contributed by atoms with Crippen LogP contribution < -0.4 is 5.32 Å². The summed E-state index contributed by atoms with van der Waals surface area (Å²) in [7, 11) is 0. The average Bonchev–Trinajstić information content (AvgIpc) is 2.54. The van der Waals surface area contributed by atoms with Crippen molar-refractivity contribution in [1.29, 1.82) is 0 Å². The number of amides is 1. The predicted molar refractivity (Wildman–Crippen MR) is 114 cm³/mol. The minimum atomic E-state index is 0.00300. The number of carbonyl (C=O) groups excluding carboxylic acids is 1. The maximum Gasteiger partial charge on any atom is 0.244 e. The van der Waals surface area contributed by atoms with Crippen LogP contribution in [0.1, 0.15) is 86.5 Å². The first kappa shape index (κ1) is 22.5. The predicted octanol–water partition coefficient (Wildman–Crippen LogP) is 6.66. The summed E-state index contributed by atoms with van der Waals surface area (Å²) >= 11 is 0. The van der Waals surface area contributed by atoms with Crippen LogP contribution in [0.5, 0.6) is 0 Å². The number of nitrogens with one attached hydrogen (secondary N) is 1. The summed E-state index contributed by atoms with van der Waals surface area (Å²) in [4.78, 5) is 11.8. The highest BCUT2D eigenvalue weighted by atomic mass is 16.1. The lowest BCUT2D eigenvalue weighted by Gasteiger charge is -2.34. The number of hydrogen-bond acceptors (Lipinski definition) is 1. The lowest BCUT2D eigenvalue weighted by atomic mass is 9.71. The van der Waals surface area contributed by atoms with E-state index in [9.17, 15) is 4.79 Å². The van der Waals surface area contributed by atoms with E-state index < -0.39 is 0 Å². The molecule has 1 amide bonds. The largest absolute Gasteiger partial charge is 0.353 e. The summed E-state index contributed by atoms with van der Waals surface area (Å²) in [5.74, 6) is 0.00300. The van der Waals surface area contributed by atoms with Gasteiger partial charge in [-0.3, -0.25) is 4.79 Å². The van der Waals surface area contributed by atoms with E-state index in [2.05, 4.69) is 52.1 Å². The van der Waals surface area contributed by atoms with Crippen molar-refractivity contribution in [3.05, 3.63) is 46.6 Å². The highest BCUT2D eigenvalue weighted by Crippen LogP contribution is 2.42.